The van der Waals surface area contributed by atoms with Crippen molar-refractivity contribution in [1.82, 2.24) is 4.98 Å². The fourth-order valence-corrected chi connectivity index (χ4v) is 2.98. The first-order chi connectivity index (χ1) is 13.8. The molecule has 0 bridgehead atoms. The van der Waals surface area contributed by atoms with Gasteiger partial charge in [-0.1, -0.05) is 36.4 Å². The minimum absolute atomic E-state index is 0.203. The molecule has 1 aromatic heterocycles. The number of aromatic nitrogens is 1. The van der Waals surface area contributed by atoms with Gasteiger partial charge in [-0.05, 0) is 18.2 Å². The highest BCUT2D eigenvalue weighted by Crippen LogP contribution is 2.48. The lowest BCUT2D eigenvalue weighted by molar-refractivity contribution is -0.147. The smallest absolute Gasteiger partial charge is 0.256 e. The minimum Gasteiger partial charge on any atom is -0.256 e. The van der Waals surface area contributed by atoms with Crippen molar-refractivity contribution in [1.29, 1.82) is 0 Å². The minimum atomic E-state index is -5.49. The molecule has 0 amide bonds. The summed E-state index contributed by atoms with van der Waals surface area (Å²) in [5.74, 6) is 0. The van der Waals surface area contributed by atoms with Crippen LogP contribution in [-0.2, 0) is 18.5 Å². The van der Waals surface area contributed by atoms with Crippen LogP contribution in [0.4, 0.5) is 39.5 Å². The molecule has 0 aliphatic heterocycles. The summed E-state index contributed by atoms with van der Waals surface area (Å²) in [5.41, 5.74) is -8.16. The molecule has 0 N–H and O–H groups in total. The van der Waals surface area contributed by atoms with E-state index in [1.165, 1.54) is 24.3 Å². The molecule has 0 saturated carbocycles. The Labute approximate surface area is 163 Å². The Hall–Kier alpha value is -3.04. The third-order valence-corrected chi connectivity index (χ3v) is 4.20. The second kappa shape index (κ2) is 7.33. The lowest BCUT2D eigenvalue weighted by atomic mass is 9.89. The molecule has 1 nitrogen and oxygen atoms in total. The maximum atomic E-state index is 13.6. The Balaban J connectivity index is 2.47. The predicted octanol–water partition coefficient (Wildman–Crippen LogP) is 7.47. The summed E-state index contributed by atoms with van der Waals surface area (Å²) in [5, 5.41) is 0. The van der Waals surface area contributed by atoms with E-state index in [0.717, 1.165) is 18.3 Å². The van der Waals surface area contributed by atoms with Crippen molar-refractivity contribution in [3.05, 3.63) is 77.5 Å². The van der Waals surface area contributed by atoms with Crippen LogP contribution in [0, 0.1) is 0 Å². The zero-order chi connectivity index (χ0) is 22.3. The van der Waals surface area contributed by atoms with Crippen LogP contribution in [0.1, 0.15) is 16.7 Å². The van der Waals surface area contributed by atoms with E-state index in [-0.39, 0.29) is 23.4 Å². The fraction of sp³-hybridized carbons (Fsp3) is 0.150. The zero-order valence-corrected chi connectivity index (χ0v) is 14.6. The Morgan fingerprint density at radius 1 is 0.600 bits per heavy atom. The van der Waals surface area contributed by atoms with Crippen molar-refractivity contribution in [2.45, 2.75) is 18.5 Å². The van der Waals surface area contributed by atoms with E-state index in [1.54, 1.807) is 6.07 Å². The van der Waals surface area contributed by atoms with E-state index in [0.29, 0.717) is 0 Å². The predicted molar refractivity (Wildman–Crippen MR) is 90.1 cm³/mol. The van der Waals surface area contributed by atoms with Crippen molar-refractivity contribution < 1.29 is 39.5 Å². The van der Waals surface area contributed by atoms with Crippen molar-refractivity contribution >= 4 is 0 Å². The molecule has 0 spiro atoms. The monoisotopic (exact) mass is 435 g/mol. The van der Waals surface area contributed by atoms with Gasteiger partial charge in [-0.25, -0.2) is 0 Å². The van der Waals surface area contributed by atoms with E-state index in [4.69, 9.17) is 0 Å². The van der Waals surface area contributed by atoms with Gasteiger partial charge in [0.1, 0.15) is 0 Å². The van der Waals surface area contributed by atoms with Gasteiger partial charge in [-0.3, -0.25) is 4.98 Å². The van der Waals surface area contributed by atoms with Gasteiger partial charge in [-0.2, -0.15) is 39.5 Å². The maximum absolute atomic E-state index is 13.6. The third kappa shape index (κ3) is 4.27. The fourth-order valence-electron chi connectivity index (χ4n) is 2.98. The molecule has 158 valence electrons. The molecule has 0 atom stereocenters. The highest BCUT2D eigenvalue weighted by molar-refractivity contribution is 5.85. The molecule has 30 heavy (non-hydrogen) atoms. The SMILES string of the molecule is FC(F)(F)c1cc(C(F)(F)F)c(-c2cccnc2-c2ccccc2)c(C(F)(F)F)c1. The number of halogens is 9. The van der Waals surface area contributed by atoms with Gasteiger partial charge in [0, 0.05) is 22.9 Å². The van der Waals surface area contributed by atoms with Crippen LogP contribution >= 0.6 is 0 Å². The molecule has 3 rings (SSSR count). The number of rotatable bonds is 2. The summed E-state index contributed by atoms with van der Waals surface area (Å²) < 4.78 is 121. The van der Waals surface area contributed by atoms with Crippen LogP contribution in [0.5, 0.6) is 0 Å². The Kier molecular flexibility index (Phi) is 5.30. The number of nitrogens with zero attached hydrogens (tertiary/aromatic N) is 1. The van der Waals surface area contributed by atoms with Gasteiger partial charge < -0.3 is 0 Å². The molecule has 0 aliphatic carbocycles. The molecule has 0 saturated heterocycles. The van der Waals surface area contributed by atoms with Gasteiger partial charge in [-0.15, -0.1) is 0 Å². The summed E-state index contributed by atoms with van der Waals surface area (Å²) in [6.45, 7) is 0. The molecule has 1 heterocycles. The van der Waals surface area contributed by atoms with E-state index < -0.39 is 46.3 Å². The van der Waals surface area contributed by atoms with Crippen LogP contribution in [0.15, 0.2) is 60.8 Å². The first-order valence-corrected chi connectivity index (χ1v) is 8.20. The second-order valence-corrected chi connectivity index (χ2v) is 6.21. The standard InChI is InChI=1S/C20H10F9N/c21-18(22,23)12-9-14(19(24,25)26)16(15(10-12)20(27,28)29)13-7-4-8-30-17(13)11-5-2-1-3-6-11/h1-10H. The average molecular weight is 435 g/mol. The van der Waals surface area contributed by atoms with Crippen LogP contribution in [0.25, 0.3) is 22.4 Å². The van der Waals surface area contributed by atoms with Crippen molar-refractivity contribution in [2.75, 3.05) is 0 Å². The van der Waals surface area contributed by atoms with Crippen LogP contribution in [-0.4, -0.2) is 4.98 Å². The number of hydrogen-bond acceptors (Lipinski definition) is 1. The zero-order valence-electron chi connectivity index (χ0n) is 14.6. The molecule has 0 fully saturated rings. The Morgan fingerprint density at radius 2 is 1.13 bits per heavy atom. The summed E-state index contributed by atoms with van der Waals surface area (Å²) in [6.07, 6.45) is -15.2. The molecule has 3 aromatic rings. The van der Waals surface area contributed by atoms with Crippen LogP contribution in [0.2, 0.25) is 0 Å². The van der Waals surface area contributed by atoms with Crippen LogP contribution < -0.4 is 0 Å². The summed E-state index contributed by atoms with van der Waals surface area (Å²) in [7, 11) is 0. The van der Waals surface area contributed by atoms with Gasteiger partial charge in [0.15, 0.2) is 0 Å². The number of hydrogen-bond donors (Lipinski definition) is 0. The van der Waals surface area contributed by atoms with Crippen molar-refractivity contribution in [2.24, 2.45) is 0 Å². The maximum Gasteiger partial charge on any atom is 0.417 e. The summed E-state index contributed by atoms with van der Waals surface area (Å²) in [6, 6.07) is 8.84. The van der Waals surface area contributed by atoms with Gasteiger partial charge in [0.2, 0.25) is 0 Å². The average Bonchev–Trinajstić information content (AvgIpc) is 2.65. The lowest BCUT2D eigenvalue weighted by Gasteiger charge is -2.22. The normalized spacial score (nSPS) is 12.8. The van der Waals surface area contributed by atoms with E-state index in [9.17, 15) is 39.5 Å². The number of alkyl halides is 9. The van der Waals surface area contributed by atoms with E-state index in [1.807, 2.05) is 0 Å². The first kappa shape index (κ1) is 21.7. The lowest BCUT2D eigenvalue weighted by Crippen LogP contribution is -2.18. The molecule has 0 radical (unpaired) electrons. The van der Waals surface area contributed by atoms with Gasteiger partial charge in [0.05, 0.1) is 22.4 Å². The molecular formula is C20H10F9N. The quantitative estimate of drug-likeness (QED) is 0.381. The van der Waals surface area contributed by atoms with Crippen molar-refractivity contribution in [3.8, 4) is 22.4 Å². The molecule has 0 unspecified atom stereocenters. The highest BCUT2D eigenvalue weighted by atomic mass is 19.4. The Morgan fingerprint density at radius 3 is 1.60 bits per heavy atom. The third-order valence-electron chi connectivity index (χ3n) is 4.20. The summed E-state index contributed by atoms with van der Waals surface area (Å²) >= 11 is 0. The topological polar surface area (TPSA) is 12.9 Å². The largest absolute Gasteiger partial charge is 0.417 e. The molecular weight excluding hydrogens is 425 g/mol. The van der Waals surface area contributed by atoms with E-state index >= 15 is 0 Å². The number of pyridine rings is 1. The molecule has 2 aromatic carbocycles. The highest BCUT2D eigenvalue weighted by Gasteiger charge is 2.45. The van der Waals surface area contributed by atoms with Gasteiger partial charge >= 0.3 is 18.5 Å². The van der Waals surface area contributed by atoms with Crippen molar-refractivity contribution in [3.63, 3.8) is 0 Å². The molecule has 0 aliphatic rings. The second-order valence-electron chi connectivity index (χ2n) is 6.21. The Bertz CT molecular complexity index is 1010. The first-order valence-electron chi connectivity index (χ1n) is 8.20. The number of benzene rings is 2. The van der Waals surface area contributed by atoms with E-state index in [2.05, 4.69) is 4.98 Å². The summed E-state index contributed by atoms with van der Waals surface area (Å²) in [4.78, 5) is 3.89. The van der Waals surface area contributed by atoms with Gasteiger partial charge in [0.25, 0.3) is 0 Å². The molecule has 10 heteroatoms. The van der Waals surface area contributed by atoms with Crippen LogP contribution in [0.3, 0.4) is 0 Å².